The Kier molecular flexibility index (Phi) is 6.18. The van der Waals surface area contributed by atoms with Gasteiger partial charge in [-0.25, -0.2) is 0 Å². The summed E-state index contributed by atoms with van der Waals surface area (Å²) in [7, 11) is 1.71. The van der Waals surface area contributed by atoms with Crippen LogP contribution in [0.5, 0.6) is 5.75 Å². The van der Waals surface area contributed by atoms with E-state index in [2.05, 4.69) is 5.32 Å². The molecule has 4 rings (SSSR count). The van der Waals surface area contributed by atoms with Crippen molar-refractivity contribution in [2.75, 3.05) is 17.3 Å². The number of carbonyl (C=O) groups is 2. The summed E-state index contributed by atoms with van der Waals surface area (Å²) in [5.74, 6) is -0.239. The zero-order chi connectivity index (χ0) is 24.7. The molecule has 0 bridgehead atoms. The number of ether oxygens (including phenoxy) is 1. The Morgan fingerprint density at radius 3 is 2.56 bits per heavy atom. The Bertz CT molecular complexity index is 1170. The Morgan fingerprint density at radius 1 is 1.15 bits per heavy atom. The molecule has 2 amide bonds. The van der Waals surface area contributed by atoms with Gasteiger partial charge in [0, 0.05) is 42.9 Å². The lowest BCUT2D eigenvalue weighted by atomic mass is 9.83. The number of anilines is 2. The number of fused-ring (bicyclic) bond motifs is 2. The summed E-state index contributed by atoms with van der Waals surface area (Å²) in [6, 6.07) is 8.83. The fraction of sp³-hybridized carbons (Fsp3) is 0.385. The normalized spacial score (nSPS) is 18.2. The summed E-state index contributed by atoms with van der Waals surface area (Å²) in [5, 5.41) is 2.83. The molecule has 2 aromatic rings. The Hall–Kier alpha value is -3.29. The number of benzene rings is 2. The van der Waals surface area contributed by atoms with Gasteiger partial charge < -0.3 is 15.0 Å². The first-order chi connectivity index (χ1) is 16.0. The molecule has 0 saturated carbocycles. The highest BCUT2D eigenvalue weighted by atomic mass is 19.4. The largest absolute Gasteiger partial charge is 0.486 e. The van der Waals surface area contributed by atoms with Crippen molar-refractivity contribution in [2.45, 2.75) is 57.7 Å². The van der Waals surface area contributed by atoms with Crippen LogP contribution in [0.3, 0.4) is 0 Å². The molecule has 0 saturated heterocycles. The number of halogens is 3. The van der Waals surface area contributed by atoms with Gasteiger partial charge >= 0.3 is 6.18 Å². The predicted molar refractivity (Wildman–Crippen MR) is 125 cm³/mol. The highest BCUT2D eigenvalue weighted by Gasteiger charge is 2.38. The SMILES string of the molecule is CCC1(CC)C/C(=C\C(=O)Nc2ccc3c(c2)N(C)C(=O)CC3)c2ccc(C(F)(F)F)cc2O1. The zero-order valence-electron chi connectivity index (χ0n) is 19.4. The van der Waals surface area contributed by atoms with Gasteiger partial charge in [-0.2, -0.15) is 13.2 Å². The number of alkyl halides is 3. The molecule has 0 atom stereocenters. The molecule has 34 heavy (non-hydrogen) atoms. The Morgan fingerprint density at radius 2 is 1.88 bits per heavy atom. The zero-order valence-corrected chi connectivity index (χ0v) is 19.4. The van der Waals surface area contributed by atoms with E-state index < -0.39 is 23.2 Å². The number of carbonyl (C=O) groups excluding carboxylic acids is 2. The summed E-state index contributed by atoms with van der Waals surface area (Å²) >= 11 is 0. The van der Waals surface area contributed by atoms with Crippen LogP contribution < -0.4 is 15.0 Å². The van der Waals surface area contributed by atoms with Crippen LogP contribution in [-0.2, 0) is 22.2 Å². The van der Waals surface area contributed by atoms with Crippen molar-refractivity contribution in [1.29, 1.82) is 0 Å². The molecule has 2 aliphatic rings. The van der Waals surface area contributed by atoms with Crippen molar-refractivity contribution < 1.29 is 27.5 Å². The fourth-order valence-electron chi connectivity index (χ4n) is 4.58. The van der Waals surface area contributed by atoms with E-state index in [-0.39, 0.29) is 11.7 Å². The molecule has 8 heteroatoms. The highest BCUT2D eigenvalue weighted by molar-refractivity contribution is 6.05. The van der Waals surface area contributed by atoms with E-state index in [1.165, 1.54) is 12.1 Å². The standard InChI is InChI=1S/C26H27F3N2O3/c1-4-25(5-2)15-17(20-10-8-18(26(27,28)29)13-22(20)34-25)12-23(32)30-19-9-6-16-7-11-24(33)31(3)21(16)14-19/h6,8-10,12-14H,4-5,7,11,15H2,1-3H3,(H,30,32)/b17-12+. The highest BCUT2D eigenvalue weighted by Crippen LogP contribution is 2.45. The van der Waals surface area contributed by atoms with E-state index in [9.17, 15) is 22.8 Å². The van der Waals surface area contributed by atoms with E-state index in [4.69, 9.17) is 4.74 Å². The average Bonchev–Trinajstić information content (AvgIpc) is 2.80. The van der Waals surface area contributed by atoms with Crippen molar-refractivity contribution in [1.82, 2.24) is 0 Å². The Balaban J connectivity index is 1.65. The minimum absolute atomic E-state index is 0.0191. The summed E-state index contributed by atoms with van der Waals surface area (Å²) < 4.78 is 45.9. The van der Waals surface area contributed by atoms with Crippen molar-refractivity contribution in [3.8, 4) is 5.75 Å². The van der Waals surface area contributed by atoms with Crippen molar-refractivity contribution in [3.05, 3.63) is 59.2 Å². The molecular formula is C26H27F3N2O3. The van der Waals surface area contributed by atoms with E-state index in [0.29, 0.717) is 48.9 Å². The summed E-state index contributed by atoms with van der Waals surface area (Å²) in [4.78, 5) is 26.5. The van der Waals surface area contributed by atoms with Gasteiger partial charge in [0.05, 0.1) is 5.56 Å². The molecular weight excluding hydrogens is 445 g/mol. The summed E-state index contributed by atoms with van der Waals surface area (Å²) in [5.41, 5.74) is 1.97. The quantitative estimate of drug-likeness (QED) is 0.557. The van der Waals surface area contributed by atoms with Gasteiger partial charge in [-0.15, -0.1) is 0 Å². The maximum absolute atomic E-state index is 13.3. The molecule has 0 spiro atoms. The number of hydrogen-bond acceptors (Lipinski definition) is 3. The number of hydrogen-bond donors (Lipinski definition) is 1. The molecule has 180 valence electrons. The van der Waals surface area contributed by atoms with Gasteiger partial charge in [0.2, 0.25) is 11.8 Å². The second kappa shape index (κ2) is 8.81. The van der Waals surface area contributed by atoms with Gasteiger partial charge in [0.15, 0.2) is 0 Å². The van der Waals surface area contributed by atoms with Crippen LogP contribution in [0.25, 0.3) is 5.57 Å². The first-order valence-electron chi connectivity index (χ1n) is 11.4. The van der Waals surface area contributed by atoms with Crippen LogP contribution in [0.1, 0.15) is 56.2 Å². The molecule has 0 aromatic heterocycles. The van der Waals surface area contributed by atoms with E-state index in [1.807, 2.05) is 19.9 Å². The Labute approximate surface area is 196 Å². The summed E-state index contributed by atoms with van der Waals surface area (Å²) in [6.07, 6.45) is -0.360. The maximum atomic E-state index is 13.3. The number of nitrogens with one attached hydrogen (secondary N) is 1. The molecule has 0 aliphatic carbocycles. The van der Waals surface area contributed by atoms with E-state index >= 15 is 0 Å². The van der Waals surface area contributed by atoms with Crippen LogP contribution in [0, 0.1) is 0 Å². The van der Waals surface area contributed by atoms with E-state index in [0.717, 1.165) is 23.4 Å². The van der Waals surface area contributed by atoms with Gasteiger partial charge in [-0.05, 0) is 54.7 Å². The first kappa shape index (κ1) is 23.9. The number of rotatable bonds is 4. The third kappa shape index (κ3) is 4.54. The van der Waals surface area contributed by atoms with Crippen LogP contribution in [-0.4, -0.2) is 24.5 Å². The summed E-state index contributed by atoms with van der Waals surface area (Å²) in [6.45, 7) is 3.84. The van der Waals surface area contributed by atoms with Crippen LogP contribution in [0.2, 0.25) is 0 Å². The van der Waals surface area contributed by atoms with Crippen molar-refractivity contribution in [2.24, 2.45) is 0 Å². The van der Waals surface area contributed by atoms with Gasteiger partial charge in [-0.1, -0.05) is 26.0 Å². The first-order valence-corrected chi connectivity index (χ1v) is 11.4. The van der Waals surface area contributed by atoms with E-state index in [1.54, 1.807) is 24.1 Å². The molecule has 0 unspecified atom stereocenters. The van der Waals surface area contributed by atoms with Crippen LogP contribution in [0.15, 0.2) is 42.5 Å². The smallest absolute Gasteiger partial charge is 0.416 e. The van der Waals surface area contributed by atoms with Crippen molar-refractivity contribution >= 4 is 28.8 Å². The molecule has 2 heterocycles. The monoisotopic (exact) mass is 472 g/mol. The number of nitrogens with zero attached hydrogens (tertiary/aromatic N) is 1. The fourth-order valence-corrected chi connectivity index (χ4v) is 4.58. The molecule has 1 N–H and O–H groups in total. The average molecular weight is 473 g/mol. The van der Waals surface area contributed by atoms with Gasteiger partial charge in [0.25, 0.3) is 0 Å². The lowest BCUT2D eigenvalue weighted by Crippen LogP contribution is -2.38. The minimum atomic E-state index is -4.49. The number of amides is 2. The van der Waals surface area contributed by atoms with Crippen LogP contribution >= 0.6 is 0 Å². The van der Waals surface area contributed by atoms with Crippen molar-refractivity contribution in [3.63, 3.8) is 0 Å². The lowest BCUT2D eigenvalue weighted by molar-refractivity contribution is -0.137. The second-order valence-electron chi connectivity index (χ2n) is 8.83. The van der Waals surface area contributed by atoms with Crippen LogP contribution in [0.4, 0.5) is 24.5 Å². The maximum Gasteiger partial charge on any atom is 0.416 e. The molecule has 0 fully saturated rings. The topological polar surface area (TPSA) is 58.6 Å². The molecule has 5 nitrogen and oxygen atoms in total. The lowest BCUT2D eigenvalue weighted by Gasteiger charge is -2.39. The second-order valence-corrected chi connectivity index (χ2v) is 8.83. The van der Waals surface area contributed by atoms with Gasteiger partial charge in [0.1, 0.15) is 11.4 Å². The third-order valence-corrected chi connectivity index (χ3v) is 6.78. The molecule has 2 aromatic carbocycles. The molecule has 2 aliphatic heterocycles. The molecule has 0 radical (unpaired) electrons. The van der Waals surface area contributed by atoms with Gasteiger partial charge in [-0.3, -0.25) is 9.59 Å². The number of aryl methyl sites for hydroxylation is 1. The predicted octanol–water partition coefficient (Wildman–Crippen LogP) is 5.98. The minimum Gasteiger partial charge on any atom is -0.486 e. The third-order valence-electron chi connectivity index (χ3n) is 6.78.